The number of benzene rings is 21. The summed E-state index contributed by atoms with van der Waals surface area (Å²) in [5, 5.41) is 0. The van der Waals surface area contributed by atoms with E-state index >= 15 is 0 Å². The summed E-state index contributed by atoms with van der Waals surface area (Å²) in [6.45, 7) is 0. The standard InChI is InChI=1S/C72H48N6.C66H44N6/c1-5-17-49(18-6-1)52-33-39-56(40-34-52)68-73-67(55-23-11-4-12-24-55)75-71(76-68)65-31-15-29-63(47-65)61-27-13-25-59(45-61)60-26-14-28-62(46-60)64-30-16-32-66(48-64)72-77-69(57-41-35-53(36-42-57)50-19-7-2-8-20-50)74-70(78-72)58-43-37-54(38-44-58)51-21-9-3-10-22-51;1-5-15-45(16-6-1)49-27-35-53(36-28-49)61-67-62(54-37-29-50(30-38-54)46-17-7-2-8-18-46)70-65(69-61)59-25-13-23-57(43-59)58-24-14-26-60(44-58)66-71-63(55-39-31-51(32-40-55)47-19-9-3-10-20-47)68-64(72-66)56-41-33-52(34-42-56)48-21-11-4-12-22-48/h1-48H;1-44H. The zero-order chi connectivity index (χ0) is 100. The van der Waals surface area contributed by atoms with Crippen molar-refractivity contribution < 1.29 is 0 Å². The van der Waals surface area contributed by atoms with Crippen LogP contribution in [0.3, 0.4) is 0 Å². The zero-order valence-corrected chi connectivity index (χ0v) is 81.5. The monoisotopic (exact) mass is 1920 g/mol. The van der Waals surface area contributed by atoms with E-state index in [2.05, 4.69) is 485 Å². The van der Waals surface area contributed by atoms with Gasteiger partial charge in [-0.2, -0.15) is 0 Å². The molecule has 21 aromatic carbocycles. The van der Waals surface area contributed by atoms with Crippen LogP contribution in [0.15, 0.2) is 558 Å². The summed E-state index contributed by atoms with van der Waals surface area (Å²) in [6.07, 6.45) is 0. The lowest BCUT2D eigenvalue weighted by Gasteiger charge is -2.12. The van der Waals surface area contributed by atoms with Crippen molar-refractivity contribution in [2.24, 2.45) is 0 Å². The van der Waals surface area contributed by atoms with Gasteiger partial charge in [0.2, 0.25) is 0 Å². The number of nitrogens with zero attached hydrogens (tertiary/aromatic N) is 12. The van der Waals surface area contributed by atoms with Crippen LogP contribution in [-0.4, -0.2) is 59.8 Å². The Morgan fingerprint density at radius 1 is 0.0600 bits per heavy atom. The quantitative estimate of drug-likeness (QED) is 0.0598. The van der Waals surface area contributed by atoms with Crippen molar-refractivity contribution >= 4 is 0 Å². The predicted molar refractivity (Wildman–Crippen MR) is 611 cm³/mol. The molecule has 12 heteroatoms. The first-order valence-corrected chi connectivity index (χ1v) is 50.1. The molecule has 12 nitrogen and oxygen atoms in total. The van der Waals surface area contributed by atoms with Crippen molar-refractivity contribution in [2.45, 2.75) is 0 Å². The Morgan fingerprint density at radius 3 is 0.273 bits per heavy atom. The van der Waals surface area contributed by atoms with E-state index in [9.17, 15) is 0 Å². The molecule has 0 atom stereocenters. The minimum atomic E-state index is 0.579. The minimum Gasteiger partial charge on any atom is -0.208 e. The van der Waals surface area contributed by atoms with Crippen LogP contribution in [0.2, 0.25) is 0 Å². The average Bonchev–Trinajstić information content (AvgIpc) is 0.788. The molecule has 0 radical (unpaired) electrons. The van der Waals surface area contributed by atoms with Crippen LogP contribution in [0.5, 0.6) is 0 Å². The number of aromatic nitrogens is 12. The molecule has 25 aromatic rings. The maximum absolute atomic E-state index is 5.15. The van der Waals surface area contributed by atoms with Crippen LogP contribution in [0.1, 0.15) is 0 Å². The topological polar surface area (TPSA) is 155 Å². The molecule has 704 valence electrons. The van der Waals surface area contributed by atoms with Gasteiger partial charge in [0, 0.05) is 66.8 Å². The first-order valence-electron chi connectivity index (χ1n) is 50.1. The minimum absolute atomic E-state index is 0.579. The van der Waals surface area contributed by atoms with Crippen molar-refractivity contribution in [3.63, 3.8) is 0 Å². The molecule has 0 aliphatic heterocycles. The van der Waals surface area contributed by atoms with Crippen LogP contribution < -0.4 is 0 Å². The Kier molecular flexibility index (Phi) is 26.2. The van der Waals surface area contributed by atoms with Crippen molar-refractivity contribution in [3.05, 3.63) is 558 Å². The van der Waals surface area contributed by atoms with Crippen LogP contribution in [-0.2, 0) is 0 Å². The lowest BCUT2D eigenvalue weighted by molar-refractivity contribution is 1.07. The lowest BCUT2D eigenvalue weighted by atomic mass is 9.95. The highest BCUT2D eigenvalue weighted by Crippen LogP contribution is 2.41. The molecule has 0 fully saturated rings. The van der Waals surface area contributed by atoms with E-state index < -0.39 is 0 Å². The van der Waals surface area contributed by atoms with Crippen LogP contribution >= 0.6 is 0 Å². The fraction of sp³-hybridized carbons (Fsp3) is 0. The highest BCUT2D eigenvalue weighted by Gasteiger charge is 2.22. The first-order chi connectivity index (χ1) is 74.2. The smallest absolute Gasteiger partial charge is 0.164 e. The molecular weight excluding hydrogens is 1830 g/mol. The maximum atomic E-state index is 5.15. The number of hydrogen-bond donors (Lipinski definition) is 0. The molecule has 0 saturated heterocycles. The lowest BCUT2D eigenvalue weighted by Crippen LogP contribution is -2.01. The largest absolute Gasteiger partial charge is 0.208 e. The van der Waals surface area contributed by atoms with Gasteiger partial charge in [0.25, 0.3) is 0 Å². The number of rotatable bonds is 23. The molecule has 0 bridgehead atoms. The van der Waals surface area contributed by atoms with Gasteiger partial charge in [0.1, 0.15) is 0 Å². The Morgan fingerprint density at radius 2 is 0.140 bits per heavy atom. The summed E-state index contributed by atoms with van der Waals surface area (Å²) in [4.78, 5) is 61.3. The summed E-state index contributed by atoms with van der Waals surface area (Å²) in [5.41, 5.74) is 35.3. The van der Waals surface area contributed by atoms with Crippen molar-refractivity contribution in [1.29, 1.82) is 0 Å². The first kappa shape index (κ1) is 92.1. The summed E-state index contributed by atoms with van der Waals surface area (Å²) in [7, 11) is 0. The molecule has 0 aliphatic carbocycles. The third-order valence-electron chi connectivity index (χ3n) is 26.9. The molecule has 4 aromatic heterocycles. The SMILES string of the molecule is c1ccc(-c2ccc(-c3nc(-c4ccc(-c5ccccc5)cc4)nc(-c4cccc(-c5cccc(-c6nc(-c7ccc(-c8ccccc8)cc7)nc(-c7ccc(-c8ccccc8)cc7)n6)c5)c4)n3)cc2)cc1.c1ccc(-c2ccc(-c3nc(-c4ccccc4)nc(-c4cccc(-c5cccc(-c6cccc(-c7cccc(-c8nc(-c9ccc(-c%10ccccc%10)cc9)nc(-c9ccc(-c%10ccccc%10)cc9)n8)c7)c6)c5)c4)n3)cc2)cc1. The summed E-state index contributed by atoms with van der Waals surface area (Å²) < 4.78 is 0. The third-order valence-corrected chi connectivity index (χ3v) is 26.9. The van der Waals surface area contributed by atoms with Gasteiger partial charge < -0.3 is 0 Å². The second kappa shape index (κ2) is 42.7. The third kappa shape index (κ3) is 20.8. The second-order valence-corrected chi connectivity index (χ2v) is 36.7. The van der Waals surface area contributed by atoms with Crippen molar-refractivity contribution in [3.8, 4) is 259 Å². The van der Waals surface area contributed by atoms with E-state index in [4.69, 9.17) is 59.8 Å². The Hall–Kier alpha value is -20.3. The molecule has 0 N–H and O–H groups in total. The van der Waals surface area contributed by atoms with Crippen molar-refractivity contribution in [2.75, 3.05) is 0 Å². The molecular formula is C138H92N12. The van der Waals surface area contributed by atoms with Gasteiger partial charge >= 0.3 is 0 Å². The average molecular weight is 1920 g/mol. The Labute approximate surface area is 870 Å². The van der Waals surface area contributed by atoms with E-state index in [-0.39, 0.29) is 0 Å². The van der Waals surface area contributed by atoms with Gasteiger partial charge in [0.05, 0.1) is 0 Å². The summed E-state index contributed by atoms with van der Waals surface area (Å²) in [6, 6.07) is 193. The second-order valence-electron chi connectivity index (χ2n) is 36.7. The highest BCUT2D eigenvalue weighted by atomic mass is 15.1. The molecule has 25 rings (SSSR count). The predicted octanol–water partition coefficient (Wildman–Crippen LogP) is 34.5. The Bertz CT molecular complexity index is 8500. The molecule has 0 spiro atoms. The van der Waals surface area contributed by atoms with Crippen LogP contribution in [0.25, 0.3) is 259 Å². The van der Waals surface area contributed by atoms with Gasteiger partial charge in [-0.3, -0.25) is 0 Å². The zero-order valence-electron chi connectivity index (χ0n) is 81.5. The van der Waals surface area contributed by atoms with Gasteiger partial charge in [-0.1, -0.05) is 522 Å². The maximum Gasteiger partial charge on any atom is 0.164 e. The molecule has 150 heavy (non-hydrogen) atoms. The molecule has 0 aliphatic rings. The highest BCUT2D eigenvalue weighted by molar-refractivity contribution is 5.85. The van der Waals surface area contributed by atoms with Gasteiger partial charge in [-0.05, 0) is 159 Å². The molecule has 0 amide bonds. The van der Waals surface area contributed by atoms with Gasteiger partial charge in [-0.25, -0.2) is 59.8 Å². The van der Waals surface area contributed by atoms with Crippen LogP contribution in [0.4, 0.5) is 0 Å². The fourth-order valence-electron chi connectivity index (χ4n) is 18.8. The molecule has 0 saturated carbocycles. The summed E-state index contributed by atoms with van der Waals surface area (Å²) in [5.74, 6) is 7.22. The van der Waals surface area contributed by atoms with E-state index in [1.165, 1.54) is 0 Å². The fourth-order valence-corrected chi connectivity index (χ4v) is 18.8. The van der Waals surface area contributed by atoms with Gasteiger partial charge in [0.15, 0.2) is 69.9 Å². The normalized spacial score (nSPS) is 11.1. The molecule has 0 unspecified atom stereocenters. The number of hydrogen-bond acceptors (Lipinski definition) is 12. The van der Waals surface area contributed by atoms with E-state index in [0.29, 0.717) is 69.9 Å². The summed E-state index contributed by atoms with van der Waals surface area (Å²) >= 11 is 0. The van der Waals surface area contributed by atoms with E-state index in [1.807, 2.05) is 72.8 Å². The van der Waals surface area contributed by atoms with Crippen molar-refractivity contribution in [1.82, 2.24) is 59.8 Å². The van der Waals surface area contributed by atoms with Gasteiger partial charge in [-0.15, -0.1) is 0 Å². The van der Waals surface area contributed by atoms with Crippen LogP contribution in [0, 0.1) is 0 Å². The van der Waals surface area contributed by atoms with E-state index in [0.717, 1.165) is 189 Å². The Balaban J connectivity index is 0.000000160. The molecule has 4 heterocycles. The van der Waals surface area contributed by atoms with E-state index in [1.54, 1.807) is 0 Å².